The molecule has 0 aliphatic carbocycles. The van der Waals surface area contributed by atoms with Crippen molar-refractivity contribution in [3.05, 3.63) is 96.1 Å². The lowest BCUT2D eigenvalue weighted by molar-refractivity contribution is 0.0687. The number of hydrogen-bond donors (Lipinski definition) is 4. The van der Waals surface area contributed by atoms with Gasteiger partial charge in [0.2, 0.25) is 0 Å². The van der Waals surface area contributed by atoms with Gasteiger partial charge in [-0.15, -0.1) is 0 Å². The third-order valence-electron chi connectivity index (χ3n) is 4.86. The Balaban J connectivity index is 1.39. The van der Waals surface area contributed by atoms with Gasteiger partial charge >= 0.3 is 11.9 Å². The third-order valence-corrected chi connectivity index (χ3v) is 4.86. The average molecular weight is 472 g/mol. The summed E-state index contributed by atoms with van der Waals surface area (Å²) in [5, 5.41) is 18.4. The van der Waals surface area contributed by atoms with Crippen molar-refractivity contribution in [1.82, 2.24) is 0 Å². The molecular formula is C26H20N2O7. The van der Waals surface area contributed by atoms with Gasteiger partial charge in [0.1, 0.15) is 34.5 Å². The predicted molar refractivity (Wildman–Crippen MR) is 129 cm³/mol. The van der Waals surface area contributed by atoms with Crippen LogP contribution in [0.5, 0.6) is 34.5 Å². The smallest absolute Gasteiger partial charge is 0.337 e. The third kappa shape index (κ3) is 5.60. The van der Waals surface area contributed by atoms with Crippen molar-refractivity contribution in [3.63, 3.8) is 0 Å². The molecule has 0 amide bonds. The van der Waals surface area contributed by atoms with Gasteiger partial charge in [-0.3, -0.25) is 0 Å². The highest BCUT2D eigenvalue weighted by Crippen LogP contribution is 2.31. The lowest BCUT2D eigenvalue weighted by atomic mass is 10.2. The first-order valence-electron chi connectivity index (χ1n) is 10.3. The minimum atomic E-state index is -1.13. The summed E-state index contributed by atoms with van der Waals surface area (Å²) in [4.78, 5) is 22.4. The summed E-state index contributed by atoms with van der Waals surface area (Å²) in [5.41, 5.74) is 11.6. The van der Waals surface area contributed by atoms with Gasteiger partial charge in [0, 0.05) is 11.4 Å². The van der Waals surface area contributed by atoms with E-state index in [9.17, 15) is 19.8 Å². The maximum absolute atomic E-state index is 11.2. The largest absolute Gasteiger partial charge is 0.478 e. The van der Waals surface area contributed by atoms with E-state index in [0.717, 1.165) is 0 Å². The Morgan fingerprint density at radius 1 is 0.486 bits per heavy atom. The van der Waals surface area contributed by atoms with E-state index in [-0.39, 0.29) is 22.5 Å². The molecule has 6 N–H and O–H groups in total. The highest BCUT2D eigenvalue weighted by Gasteiger charge is 2.11. The SMILES string of the molecule is Nc1ccc(Oc2ccc(Oc3ccc(Oc4ccc(N)c(C(=O)O)c4)cc3)cc2)cc1C(=O)O. The molecule has 35 heavy (non-hydrogen) atoms. The van der Waals surface area contributed by atoms with Crippen molar-refractivity contribution in [2.75, 3.05) is 11.5 Å². The first kappa shape index (κ1) is 23.0. The van der Waals surface area contributed by atoms with Crippen molar-refractivity contribution in [2.45, 2.75) is 0 Å². The predicted octanol–water partition coefficient (Wildman–Crippen LogP) is 5.62. The highest BCUT2D eigenvalue weighted by atomic mass is 16.5. The van der Waals surface area contributed by atoms with E-state index in [1.807, 2.05) is 0 Å². The molecule has 0 heterocycles. The molecule has 0 saturated carbocycles. The molecule has 0 spiro atoms. The molecule has 176 valence electrons. The van der Waals surface area contributed by atoms with Gasteiger partial charge in [-0.25, -0.2) is 9.59 Å². The number of aromatic carboxylic acids is 2. The lowest BCUT2D eigenvalue weighted by Crippen LogP contribution is -2.02. The molecule has 0 aliphatic rings. The van der Waals surface area contributed by atoms with Crippen LogP contribution in [0.15, 0.2) is 84.9 Å². The number of benzene rings is 4. The standard InChI is InChI=1S/C26H20N2O7/c27-23-11-9-19(13-21(23)25(29)30)34-17-5-1-15(2-6-17)33-16-3-7-18(8-4-16)35-20-10-12-24(28)22(14-20)26(31)32/h1-14H,27-28H2,(H,29,30)(H,31,32). The van der Waals surface area contributed by atoms with Crippen LogP contribution in [0.25, 0.3) is 0 Å². The molecule has 0 aliphatic heterocycles. The van der Waals surface area contributed by atoms with Gasteiger partial charge in [0.05, 0.1) is 11.1 Å². The molecule has 0 radical (unpaired) electrons. The van der Waals surface area contributed by atoms with Crippen LogP contribution in [0.3, 0.4) is 0 Å². The van der Waals surface area contributed by atoms with Crippen molar-refractivity contribution in [1.29, 1.82) is 0 Å². The zero-order chi connectivity index (χ0) is 24.9. The van der Waals surface area contributed by atoms with E-state index in [2.05, 4.69) is 0 Å². The highest BCUT2D eigenvalue weighted by molar-refractivity contribution is 5.94. The molecule has 0 fully saturated rings. The second-order valence-electron chi connectivity index (χ2n) is 7.36. The summed E-state index contributed by atoms with van der Waals surface area (Å²) in [7, 11) is 0. The molecule has 0 bridgehead atoms. The van der Waals surface area contributed by atoms with Gasteiger partial charge in [-0.2, -0.15) is 0 Å². The van der Waals surface area contributed by atoms with Crippen LogP contribution < -0.4 is 25.7 Å². The zero-order valence-electron chi connectivity index (χ0n) is 18.2. The van der Waals surface area contributed by atoms with E-state index in [1.54, 1.807) is 60.7 Å². The summed E-state index contributed by atoms with van der Waals surface area (Å²) in [6.45, 7) is 0. The lowest BCUT2D eigenvalue weighted by Gasteiger charge is -2.11. The average Bonchev–Trinajstić information content (AvgIpc) is 2.83. The molecule has 0 atom stereocenters. The van der Waals surface area contributed by atoms with Gasteiger partial charge < -0.3 is 35.9 Å². The van der Waals surface area contributed by atoms with E-state index >= 15 is 0 Å². The molecule has 0 aromatic heterocycles. The number of hydrogen-bond acceptors (Lipinski definition) is 7. The van der Waals surface area contributed by atoms with Crippen molar-refractivity contribution in [2.24, 2.45) is 0 Å². The Morgan fingerprint density at radius 2 is 0.743 bits per heavy atom. The Morgan fingerprint density at radius 3 is 1.03 bits per heavy atom. The Hall–Kier alpha value is -5.18. The van der Waals surface area contributed by atoms with Crippen LogP contribution in [-0.2, 0) is 0 Å². The quantitative estimate of drug-likeness (QED) is 0.239. The Bertz CT molecular complexity index is 1280. The fourth-order valence-corrected chi connectivity index (χ4v) is 3.13. The number of carbonyl (C=O) groups is 2. The van der Waals surface area contributed by atoms with Gasteiger partial charge in [0.15, 0.2) is 0 Å². The van der Waals surface area contributed by atoms with Crippen LogP contribution in [0.1, 0.15) is 20.7 Å². The summed E-state index contributed by atoms with van der Waals surface area (Å²) < 4.78 is 17.2. The molecule has 4 rings (SSSR count). The van der Waals surface area contributed by atoms with Gasteiger partial charge in [-0.05, 0) is 84.9 Å². The number of nitrogen functional groups attached to an aromatic ring is 2. The van der Waals surface area contributed by atoms with Crippen LogP contribution in [0.4, 0.5) is 11.4 Å². The molecule has 4 aromatic rings. The molecule has 9 heteroatoms. The molecule has 0 unspecified atom stereocenters. The maximum Gasteiger partial charge on any atom is 0.337 e. The van der Waals surface area contributed by atoms with Crippen molar-refractivity contribution < 1.29 is 34.0 Å². The summed E-state index contributed by atoms with van der Waals surface area (Å²) in [5.74, 6) is 0.518. The summed E-state index contributed by atoms with van der Waals surface area (Å²) in [6, 6.07) is 22.4. The number of carboxylic acids is 2. The normalized spacial score (nSPS) is 10.4. The van der Waals surface area contributed by atoms with Crippen LogP contribution in [0, 0.1) is 0 Å². The van der Waals surface area contributed by atoms with E-state index < -0.39 is 11.9 Å². The minimum Gasteiger partial charge on any atom is -0.478 e. The van der Waals surface area contributed by atoms with Crippen LogP contribution >= 0.6 is 0 Å². The minimum absolute atomic E-state index is 0.0337. The first-order valence-corrected chi connectivity index (χ1v) is 10.3. The number of anilines is 2. The maximum atomic E-state index is 11.2. The molecule has 9 nitrogen and oxygen atoms in total. The molecular weight excluding hydrogens is 452 g/mol. The molecule has 4 aromatic carbocycles. The summed E-state index contributed by atoms with van der Waals surface area (Å²) in [6.07, 6.45) is 0. The fraction of sp³-hybridized carbons (Fsp3) is 0. The van der Waals surface area contributed by atoms with Gasteiger partial charge in [0.25, 0.3) is 0 Å². The number of nitrogens with two attached hydrogens (primary N) is 2. The van der Waals surface area contributed by atoms with Crippen molar-refractivity contribution in [3.8, 4) is 34.5 Å². The molecule has 0 saturated heterocycles. The monoisotopic (exact) mass is 472 g/mol. The van der Waals surface area contributed by atoms with E-state index in [0.29, 0.717) is 34.5 Å². The van der Waals surface area contributed by atoms with Gasteiger partial charge in [-0.1, -0.05) is 0 Å². The van der Waals surface area contributed by atoms with Crippen LogP contribution in [-0.4, -0.2) is 22.2 Å². The van der Waals surface area contributed by atoms with E-state index in [4.69, 9.17) is 25.7 Å². The first-order chi connectivity index (χ1) is 16.8. The van der Waals surface area contributed by atoms with Crippen molar-refractivity contribution >= 4 is 23.3 Å². The topological polar surface area (TPSA) is 154 Å². The Labute approximate surface area is 199 Å². The Kier molecular flexibility index (Phi) is 6.41. The number of rotatable bonds is 8. The van der Waals surface area contributed by atoms with E-state index in [1.165, 1.54) is 24.3 Å². The number of carboxylic acid groups (broad SMARTS) is 2. The second kappa shape index (κ2) is 9.75. The van der Waals surface area contributed by atoms with Crippen LogP contribution in [0.2, 0.25) is 0 Å². The summed E-state index contributed by atoms with van der Waals surface area (Å²) >= 11 is 0. The zero-order valence-corrected chi connectivity index (χ0v) is 18.2. The second-order valence-corrected chi connectivity index (χ2v) is 7.36. The fourth-order valence-electron chi connectivity index (χ4n) is 3.13. The number of ether oxygens (including phenoxy) is 3.